The van der Waals surface area contributed by atoms with E-state index in [1.807, 2.05) is 6.92 Å². The fourth-order valence-electron chi connectivity index (χ4n) is 3.05. The fraction of sp³-hybridized carbons (Fsp3) is 0.733. The number of fused-ring (bicyclic) bond motifs is 1. The topological polar surface area (TPSA) is 53.6 Å². The average molecular weight is 258 g/mol. The second-order valence-electron chi connectivity index (χ2n) is 6.21. The van der Waals surface area contributed by atoms with Gasteiger partial charge in [0.05, 0.1) is 18.3 Å². The van der Waals surface area contributed by atoms with Crippen molar-refractivity contribution in [3.8, 4) is 6.07 Å². The monoisotopic (exact) mass is 258 g/mol. The molecule has 1 fully saturated rings. The number of rotatable bonds is 4. The van der Waals surface area contributed by atoms with Crippen LogP contribution in [0.25, 0.3) is 0 Å². The number of nitrogens with zero attached hydrogens (tertiary/aromatic N) is 3. The molecule has 2 aliphatic carbocycles. The van der Waals surface area contributed by atoms with Crippen molar-refractivity contribution in [1.29, 1.82) is 5.26 Å². The van der Waals surface area contributed by atoms with Gasteiger partial charge < -0.3 is 4.57 Å². The van der Waals surface area contributed by atoms with E-state index < -0.39 is 5.54 Å². The van der Waals surface area contributed by atoms with Gasteiger partial charge in [-0.15, -0.1) is 0 Å². The molecule has 0 aliphatic heterocycles. The molecule has 1 unspecified atom stereocenters. The lowest BCUT2D eigenvalue weighted by Gasteiger charge is -2.26. The van der Waals surface area contributed by atoms with Crippen LogP contribution in [-0.2, 0) is 19.4 Å². The second-order valence-corrected chi connectivity index (χ2v) is 6.21. The third-order valence-electron chi connectivity index (χ3n) is 4.24. The van der Waals surface area contributed by atoms with Gasteiger partial charge in [0.25, 0.3) is 0 Å². The Morgan fingerprint density at radius 1 is 1.42 bits per heavy atom. The van der Waals surface area contributed by atoms with Crippen LogP contribution >= 0.6 is 0 Å². The highest BCUT2D eigenvalue weighted by Crippen LogP contribution is 2.26. The minimum atomic E-state index is -0.474. The van der Waals surface area contributed by atoms with Crippen molar-refractivity contribution in [3.05, 3.63) is 17.2 Å². The quantitative estimate of drug-likeness (QED) is 0.900. The normalized spacial score (nSPS) is 21.5. The van der Waals surface area contributed by atoms with Crippen LogP contribution in [0.15, 0.2) is 0 Å². The first-order valence-corrected chi connectivity index (χ1v) is 7.35. The van der Waals surface area contributed by atoms with Gasteiger partial charge in [-0.1, -0.05) is 0 Å². The second kappa shape index (κ2) is 4.64. The predicted molar refractivity (Wildman–Crippen MR) is 73.8 cm³/mol. The van der Waals surface area contributed by atoms with Crippen LogP contribution in [0.2, 0.25) is 0 Å². The van der Waals surface area contributed by atoms with Gasteiger partial charge in [-0.2, -0.15) is 5.26 Å². The molecule has 2 aliphatic rings. The molecular weight excluding hydrogens is 236 g/mol. The van der Waals surface area contributed by atoms with E-state index in [-0.39, 0.29) is 0 Å². The van der Waals surface area contributed by atoms with Gasteiger partial charge in [0.1, 0.15) is 11.4 Å². The van der Waals surface area contributed by atoms with Crippen LogP contribution < -0.4 is 5.32 Å². The Morgan fingerprint density at radius 3 is 2.84 bits per heavy atom. The summed E-state index contributed by atoms with van der Waals surface area (Å²) in [6.45, 7) is 4.79. The largest absolute Gasteiger partial charge is 0.329 e. The van der Waals surface area contributed by atoms with Crippen LogP contribution in [-0.4, -0.2) is 21.1 Å². The maximum Gasteiger partial charge on any atom is 0.122 e. The molecule has 0 radical (unpaired) electrons. The van der Waals surface area contributed by atoms with Gasteiger partial charge in [0.15, 0.2) is 0 Å². The van der Waals surface area contributed by atoms with Crippen molar-refractivity contribution in [2.75, 3.05) is 0 Å². The summed E-state index contributed by atoms with van der Waals surface area (Å²) in [6, 6.07) is 3.01. The summed E-state index contributed by atoms with van der Waals surface area (Å²) in [5.74, 6) is 1.06. The van der Waals surface area contributed by atoms with Crippen LogP contribution in [0.3, 0.4) is 0 Å². The van der Waals surface area contributed by atoms with Crippen LogP contribution in [0.1, 0.15) is 49.8 Å². The lowest BCUT2D eigenvalue weighted by molar-refractivity contribution is 0.374. The molecular formula is C15H22N4. The summed E-state index contributed by atoms with van der Waals surface area (Å²) >= 11 is 0. The summed E-state index contributed by atoms with van der Waals surface area (Å²) in [5.41, 5.74) is 2.15. The van der Waals surface area contributed by atoms with Crippen LogP contribution in [0.5, 0.6) is 0 Å². The number of aromatic nitrogens is 2. The van der Waals surface area contributed by atoms with Crippen molar-refractivity contribution in [3.63, 3.8) is 0 Å². The molecule has 0 aromatic carbocycles. The van der Waals surface area contributed by atoms with Crippen molar-refractivity contribution < 1.29 is 0 Å². The minimum Gasteiger partial charge on any atom is -0.329 e. The Balaban J connectivity index is 1.85. The molecule has 0 bridgehead atoms. The van der Waals surface area contributed by atoms with Crippen LogP contribution in [0.4, 0.5) is 0 Å². The Hall–Kier alpha value is -1.34. The van der Waals surface area contributed by atoms with Gasteiger partial charge in [-0.25, -0.2) is 4.98 Å². The molecule has 1 N–H and O–H groups in total. The standard InChI is InChI=1S/C15H22N4/c1-11-17-13-5-3-4-6-14(13)19(11)10-15(2,9-16)18-12-7-8-12/h12,18H,3-8,10H2,1-2H3. The number of hydrogen-bond donors (Lipinski definition) is 1. The van der Waals surface area contributed by atoms with E-state index in [2.05, 4.69) is 22.9 Å². The highest BCUT2D eigenvalue weighted by Gasteiger charge is 2.34. The molecule has 102 valence electrons. The number of hydrogen-bond acceptors (Lipinski definition) is 3. The molecule has 19 heavy (non-hydrogen) atoms. The molecule has 0 amide bonds. The van der Waals surface area contributed by atoms with Gasteiger partial charge in [0, 0.05) is 11.7 Å². The Morgan fingerprint density at radius 2 is 2.16 bits per heavy atom. The maximum absolute atomic E-state index is 9.51. The molecule has 1 aromatic rings. The first-order chi connectivity index (χ1) is 9.11. The Labute approximate surface area is 114 Å². The first-order valence-electron chi connectivity index (χ1n) is 7.35. The third kappa shape index (κ3) is 2.52. The molecule has 0 saturated heterocycles. The zero-order valence-electron chi connectivity index (χ0n) is 11.9. The molecule has 3 rings (SSSR count). The molecule has 0 spiro atoms. The molecule has 4 nitrogen and oxygen atoms in total. The van der Waals surface area contributed by atoms with Crippen molar-refractivity contribution in [2.24, 2.45) is 0 Å². The van der Waals surface area contributed by atoms with E-state index in [9.17, 15) is 5.26 Å². The zero-order chi connectivity index (χ0) is 13.5. The smallest absolute Gasteiger partial charge is 0.122 e. The highest BCUT2D eigenvalue weighted by atomic mass is 15.1. The maximum atomic E-state index is 9.51. The van der Waals surface area contributed by atoms with E-state index in [1.54, 1.807) is 0 Å². The minimum absolute atomic E-state index is 0.474. The number of nitrogens with one attached hydrogen (secondary N) is 1. The van der Waals surface area contributed by atoms with E-state index in [0.29, 0.717) is 12.6 Å². The highest BCUT2D eigenvalue weighted by molar-refractivity contribution is 5.21. The van der Waals surface area contributed by atoms with E-state index in [4.69, 9.17) is 4.98 Å². The predicted octanol–water partition coefficient (Wildman–Crippen LogP) is 2.10. The van der Waals surface area contributed by atoms with Gasteiger partial charge in [0.2, 0.25) is 0 Å². The van der Waals surface area contributed by atoms with E-state index in [0.717, 1.165) is 18.7 Å². The summed E-state index contributed by atoms with van der Waals surface area (Å²) in [4.78, 5) is 4.69. The Kier molecular flexibility index (Phi) is 3.10. The summed E-state index contributed by atoms with van der Waals surface area (Å²) < 4.78 is 2.27. The summed E-state index contributed by atoms with van der Waals surface area (Å²) in [6.07, 6.45) is 7.12. The Bertz CT molecular complexity index is 521. The summed E-state index contributed by atoms with van der Waals surface area (Å²) in [5, 5.41) is 13.0. The van der Waals surface area contributed by atoms with E-state index in [1.165, 1.54) is 37.1 Å². The number of aryl methyl sites for hydroxylation is 2. The number of imidazole rings is 1. The van der Waals surface area contributed by atoms with Crippen molar-refractivity contribution in [1.82, 2.24) is 14.9 Å². The summed E-state index contributed by atoms with van der Waals surface area (Å²) in [7, 11) is 0. The zero-order valence-corrected chi connectivity index (χ0v) is 11.9. The number of nitriles is 1. The molecule has 1 atom stereocenters. The van der Waals surface area contributed by atoms with Gasteiger partial charge in [-0.05, 0) is 52.4 Å². The SMILES string of the molecule is Cc1nc2c(n1CC(C)(C#N)NC1CC1)CCCC2. The molecule has 4 heteroatoms. The van der Waals surface area contributed by atoms with E-state index >= 15 is 0 Å². The first kappa shape index (κ1) is 12.7. The molecule has 1 saturated carbocycles. The third-order valence-corrected chi connectivity index (χ3v) is 4.24. The van der Waals surface area contributed by atoms with Crippen LogP contribution in [0, 0.1) is 18.3 Å². The average Bonchev–Trinajstić information content (AvgIpc) is 3.15. The molecule has 1 heterocycles. The molecule has 1 aromatic heterocycles. The lowest BCUT2D eigenvalue weighted by atomic mass is 9.99. The van der Waals surface area contributed by atoms with Crippen molar-refractivity contribution in [2.45, 2.75) is 70.5 Å². The lowest BCUT2D eigenvalue weighted by Crippen LogP contribution is -2.46. The van der Waals surface area contributed by atoms with Gasteiger partial charge >= 0.3 is 0 Å². The van der Waals surface area contributed by atoms with Gasteiger partial charge in [-0.3, -0.25) is 5.32 Å². The fourth-order valence-corrected chi connectivity index (χ4v) is 3.05. The van der Waals surface area contributed by atoms with Crippen molar-refractivity contribution >= 4 is 0 Å².